The quantitative estimate of drug-likeness (QED) is 0.836. The SMILES string of the molecule is Cn1ncnc1CC1(O)CN(C(=O)OC(C)(C)C)C1. The fraction of sp³-hybridized carbons (Fsp3) is 0.750. The van der Waals surface area contributed by atoms with E-state index in [4.69, 9.17) is 4.74 Å². The lowest BCUT2D eigenvalue weighted by Crippen LogP contribution is -2.65. The molecule has 1 fully saturated rings. The van der Waals surface area contributed by atoms with Crippen LogP contribution >= 0.6 is 0 Å². The van der Waals surface area contributed by atoms with Crippen molar-refractivity contribution in [3.63, 3.8) is 0 Å². The number of aryl methyl sites for hydroxylation is 1. The predicted octanol–water partition coefficient (Wildman–Crippen LogP) is 0.339. The molecule has 1 saturated heterocycles. The summed E-state index contributed by atoms with van der Waals surface area (Å²) >= 11 is 0. The van der Waals surface area contributed by atoms with E-state index in [9.17, 15) is 9.90 Å². The third-order valence-corrected chi connectivity index (χ3v) is 2.91. The molecule has 0 saturated carbocycles. The highest BCUT2D eigenvalue weighted by Gasteiger charge is 2.45. The molecule has 0 aliphatic carbocycles. The number of rotatable bonds is 2. The van der Waals surface area contributed by atoms with E-state index in [1.807, 2.05) is 20.8 Å². The Morgan fingerprint density at radius 2 is 2.16 bits per heavy atom. The molecule has 1 amide bonds. The summed E-state index contributed by atoms with van der Waals surface area (Å²) in [5.41, 5.74) is -1.45. The first-order valence-corrected chi connectivity index (χ1v) is 6.22. The number of hydrogen-bond donors (Lipinski definition) is 1. The van der Waals surface area contributed by atoms with Gasteiger partial charge in [0.05, 0.1) is 13.1 Å². The first kappa shape index (κ1) is 13.8. The zero-order valence-electron chi connectivity index (χ0n) is 11.8. The van der Waals surface area contributed by atoms with Crippen molar-refractivity contribution in [2.24, 2.45) is 7.05 Å². The highest BCUT2D eigenvalue weighted by molar-refractivity contribution is 5.69. The second kappa shape index (κ2) is 4.48. The predicted molar refractivity (Wildman–Crippen MR) is 67.5 cm³/mol. The van der Waals surface area contributed by atoms with Crippen LogP contribution in [0.2, 0.25) is 0 Å². The van der Waals surface area contributed by atoms with Gasteiger partial charge in [0.15, 0.2) is 0 Å². The molecule has 1 N–H and O–H groups in total. The van der Waals surface area contributed by atoms with Crippen LogP contribution in [0.3, 0.4) is 0 Å². The Balaban J connectivity index is 1.88. The van der Waals surface area contributed by atoms with Gasteiger partial charge in [-0.15, -0.1) is 0 Å². The van der Waals surface area contributed by atoms with Crippen LogP contribution in [0.25, 0.3) is 0 Å². The minimum Gasteiger partial charge on any atom is -0.444 e. The fourth-order valence-electron chi connectivity index (χ4n) is 2.01. The Labute approximate surface area is 112 Å². The average Bonchev–Trinajstić information content (AvgIpc) is 2.58. The number of aliphatic hydroxyl groups is 1. The maximum absolute atomic E-state index is 11.8. The Hall–Kier alpha value is -1.63. The number of carbonyl (C=O) groups excluding carboxylic acids is 1. The number of carbonyl (C=O) groups is 1. The first-order valence-electron chi connectivity index (χ1n) is 6.22. The number of β-amino-alcohol motifs (C(OH)–C–C–N with tert-alkyl or cyclic N) is 1. The molecule has 1 aliphatic rings. The molecule has 0 spiro atoms. The monoisotopic (exact) mass is 268 g/mol. The summed E-state index contributed by atoms with van der Waals surface area (Å²) in [6.45, 7) is 5.97. The maximum atomic E-state index is 11.8. The molecule has 19 heavy (non-hydrogen) atoms. The topological polar surface area (TPSA) is 80.5 Å². The van der Waals surface area contributed by atoms with E-state index in [0.717, 1.165) is 0 Å². The minimum absolute atomic E-state index is 0.259. The number of nitrogens with zero attached hydrogens (tertiary/aromatic N) is 4. The summed E-state index contributed by atoms with van der Waals surface area (Å²) in [5, 5.41) is 14.2. The summed E-state index contributed by atoms with van der Waals surface area (Å²) in [6.07, 6.45) is 1.43. The Morgan fingerprint density at radius 3 is 2.63 bits per heavy atom. The number of ether oxygens (including phenoxy) is 1. The molecule has 0 atom stereocenters. The van der Waals surface area contributed by atoms with Crippen LogP contribution in [0.5, 0.6) is 0 Å². The van der Waals surface area contributed by atoms with E-state index in [-0.39, 0.29) is 13.1 Å². The normalized spacial score (nSPS) is 18.1. The largest absolute Gasteiger partial charge is 0.444 e. The third-order valence-electron chi connectivity index (χ3n) is 2.91. The van der Waals surface area contributed by atoms with Crippen LogP contribution < -0.4 is 0 Å². The van der Waals surface area contributed by atoms with Crippen molar-refractivity contribution in [1.82, 2.24) is 19.7 Å². The molecule has 1 aromatic heterocycles. The van der Waals surface area contributed by atoms with Gasteiger partial charge < -0.3 is 14.7 Å². The van der Waals surface area contributed by atoms with Gasteiger partial charge in [0.25, 0.3) is 0 Å². The molecule has 2 rings (SSSR count). The van der Waals surface area contributed by atoms with Crippen molar-refractivity contribution in [1.29, 1.82) is 0 Å². The highest BCUT2D eigenvalue weighted by Crippen LogP contribution is 2.26. The van der Waals surface area contributed by atoms with Crippen LogP contribution in [0.1, 0.15) is 26.6 Å². The molecule has 7 nitrogen and oxygen atoms in total. The van der Waals surface area contributed by atoms with Gasteiger partial charge in [0, 0.05) is 13.5 Å². The molecule has 1 aliphatic heterocycles. The maximum Gasteiger partial charge on any atom is 0.410 e. The van der Waals surface area contributed by atoms with Crippen molar-refractivity contribution in [3.05, 3.63) is 12.2 Å². The molecule has 1 aromatic rings. The smallest absolute Gasteiger partial charge is 0.410 e. The molecule has 0 unspecified atom stereocenters. The summed E-state index contributed by atoms with van der Waals surface area (Å²) in [4.78, 5) is 17.3. The number of amides is 1. The van der Waals surface area contributed by atoms with Crippen molar-refractivity contribution in [3.8, 4) is 0 Å². The summed E-state index contributed by atoms with van der Waals surface area (Å²) < 4.78 is 6.86. The standard InChI is InChI=1S/C12H20N4O3/c1-11(2,3)19-10(17)16-6-12(18,7-16)5-9-13-8-14-15(9)4/h8,18H,5-7H2,1-4H3. The second-order valence-corrected chi connectivity index (χ2v) is 6.04. The van der Waals surface area contributed by atoms with Crippen molar-refractivity contribution in [2.75, 3.05) is 13.1 Å². The van der Waals surface area contributed by atoms with Gasteiger partial charge >= 0.3 is 6.09 Å². The Bertz CT molecular complexity index is 472. The van der Waals surface area contributed by atoms with E-state index in [0.29, 0.717) is 12.2 Å². The third kappa shape index (κ3) is 3.23. The van der Waals surface area contributed by atoms with Gasteiger partial charge in [0.2, 0.25) is 0 Å². The molecule has 106 valence electrons. The van der Waals surface area contributed by atoms with Crippen molar-refractivity contribution >= 4 is 6.09 Å². The number of aromatic nitrogens is 3. The van der Waals surface area contributed by atoms with Crippen LogP contribution in [0.15, 0.2) is 6.33 Å². The highest BCUT2D eigenvalue weighted by atomic mass is 16.6. The zero-order valence-corrected chi connectivity index (χ0v) is 11.8. The van der Waals surface area contributed by atoms with Crippen LogP contribution in [0, 0.1) is 0 Å². The lowest BCUT2D eigenvalue weighted by atomic mass is 9.90. The molecular formula is C12H20N4O3. The second-order valence-electron chi connectivity index (χ2n) is 6.04. The van der Waals surface area contributed by atoms with E-state index in [2.05, 4.69) is 10.1 Å². The Kier molecular flexibility index (Phi) is 3.25. The summed E-state index contributed by atoms with van der Waals surface area (Å²) in [7, 11) is 1.77. The van der Waals surface area contributed by atoms with E-state index >= 15 is 0 Å². The summed E-state index contributed by atoms with van der Waals surface area (Å²) in [5.74, 6) is 0.700. The fourth-order valence-corrected chi connectivity index (χ4v) is 2.01. The van der Waals surface area contributed by atoms with Gasteiger partial charge in [-0.25, -0.2) is 9.78 Å². The molecular weight excluding hydrogens is 248 g/mol. The summed E-state index contributed by atoms with van der Waals surface area (Å²) in [6, 6.07) is 0. The van der Waals surface area contributed by atoms with Crippen LogP contribution in [0.4, 0.5) is 4.79 Å². The average molecular weight is 268 g/mol. The van der Waals surface area contributed by atoms with Gasteiger partial charge in [-0.05, 0) is 20.8 Å². The van der Waals surface area contributed by atoms with E-state index in [1.54, 1.807) is 11.7 Å². The first-order chi connectivity index (χ1) is 8.69. The molecule has 0 bridgehead atoms. The van der Waals surface area contributed by atoms with Gasteiger partial charge in [-0.2, -0.15) is 5.10 Å². The molecule has 0 aromatic carbocycles. The zero-order chi connectivity index (χ0) is 14.3. The van der Waals surface area contributed by atoms with Crippen LogP contribution in [-0.4, -0.2) is 55.2 Å². The molecule has 2 heterocycles. The molecule has 0 radical (unpaired) electrons. The number of hydrogen-bond acceptors (Lipinski definition) is 5. The molecule has 7 heteroatoms. The lowest BCUT2D eigenvalue weighted by Gasteiger charge is -2.46. The van der Waals surface area contributed by atoms with Crippen molar-refractivity contribution in [2.45, 2.75) is 38.4 Å². The van der Waals surface area contributed by atoms with Gasteiger partial charge in [0.1, 0.15) is 23.4 Å². The van der Waals surface area contributed by atoms with E-state index in [1.165, 1.54) is 11.2 Å². The number of likely N-dealkylation sites (tertiary alicyclic amines) is 1. The van der Waals surface area contributed by atoms with Gasteiger partial charge in [-0.3, -0.25) is 4.68 Å². The Morgan fingerprint density at radius 1 is 1.53 bits per heavy atom. The minimum atomic E-state index is -0.933. The van der Waals surface area contributed by atoms with Gasteiger partial charge in [-0.1, -0.05) is 0 Å². The van der Waals surface area contributed by atoms with Crippen LogP contribution in [-0.2, 0) is 18.2 Å². The van der Waals surface area contributed by atoms with E-state index < -0.39 is 17.3 Å². The lowest BCUT2D eigenvalue weighted by molar-refractivity contribution is -0.0986. The van der Waals surface area contributed by atoms with Crippen molar-refractivity contribution < 1.29 is 14.6 Å².